The summed E-state index contributed by atoms with van der Waals surface area (Å²) in [5, 5.41) is 5.38. The number of carbonyl (C=O) groups excluding carboxylic acids is 1. The smallest absolute Gasteiger partial charge is 0.161 e. The zero-order valence-corrected chi connectivity index (χ0v) is 11.1. The Morgan fingerprint density at radius 1 is 1.39 bits per heavy atom. The molecule has 0 unspecified atom stereocenters. The number of benzene rings is 1. The summed E-state index contributed by atoms with van der Waals surface area (Å²) in [5.74, 6) is -0.00219. The van der Waals surface area contributed by atoms with E-state index in [1.807, 2.05) is 12.1 Å². The molecule has 0 amide bonds. The lowest BCUT2D eigenvalue weighted by molar-refractivity contribution is 0.101. The van der Waals surface area contributed by atoms with Crippen LogP contribution < -0.4 is 11.1 Å². The number of hydrogen-bond donors (Lipinski definition) is 2. The molecule has 0 radical (unpaired) electrons. The molecule has 0 saturated heterocycles. The van der Waals surface area contributed by atoms with Crippen molar-refractivity contribution in [3.63, 3.8) is 0 Å². The first kappa shape index (κ1) is 12.6. The van der Waals surface area contributed by atoms with Crippen LogP contribution in [0.4, 0.5) is 11.4 Å². The van der Waals surface area contributed by atoms with E-state index in [9.17, 15) is 4.79 Å². The Hall–Kier alpha value is -1.81. The molecule has 0 aliphatic heterocycles. The van der Waals surface area contributed by atoms with Gasteiger partial charge in [-0.15, -0.1) is 11.3 Å². The molecule has 1 aromatic heterocycles. The van der Waals surface area contributed by atoms with Gasteiger partial charge in [-0.25, -0.2) is 0 Å². The minimum Gasteiger partial charge on any atom is -0.398 e. The number of anilines is 2. The SMILES string of the molecule is CC(=O)c1ccc(NCCc2cccs2)cc1N. The monoisotopic (exact) mass is 260 g/mol. The second-order valence-corrected chi connectivity index (χ2v) is 5.15. The predicted molar refractivity (Wildman–Crippen MR) is 77.4 cm³/mol. The molecule has 0 aliphatic rings. The molecule has 0 saturated carbocycles. The van der Waals surface area contributed by atoms with Gasteiger partial charge in [-0.1, -0.05) is 6.07 Å². The van der Waals surface area contributed by atoms with Crippen LogP contribution >= 0.6 is 11.3 Å². The molecule has 0 spiro atoms. The summed E-state index contributed by atoms with van der Waals surface area (Å²) in [6.45, 7) is 2.38. The van der Waals surface area contributed by atoms with Gasteiger partial charge in [-0.2, -0.15) is 0 Å². The number of Topliss-reactive ketones (excluding diaryl/α,β-unsaturated/α-hetero) is 1. The number of nitrogens with two attached hydrogens (primary N) is 1. The van der Waals surface area contributed by atoms with Crippen LogP contribution in [-0.4, -0.2) is 12.3 Å². The highest BCUT2D eigenvalue weighted by Crippen LogP contribution is 2.18. The van der Waals surface area contributed by atoms with E-state index in [1.54, 1.807) is 17.4 Å². The Bertz CT molecular complexity index is 535. The Balaban J connectivity index is 1.94. The average molecular weight is 260 g/mol. The Morgan fingerprint density at radius 3 is 2.83 bits per heavy atom. The van der Waals surface area contributed by atoms with Crippen molar-refractivity contribution < 1.29 is 4.79 Å². The maximum absolute atomic E-state index is 11.2. The lowest BCUT2D eigenvalue weighted by Gasteiger charge is -2.08. The zero-order chi connectivity index (χ0) is 13.0. The molecule has 1 heterocycles. The fraction of sp³-hybridized carbons (Fsp3) is 0.214. The van der Waals surface area contributed by atoms with E-state index in [0.29, 0.717) is 11.3 Å². The number of ketones is 1. The molecule has 0 atom stereocenters. The second kappa shape index (κ2) is 5.69. The summed E-state index contributed by atoms with van der Waals surface area (Å²) in [7, 11) is 0. The fourth-order valence-electron chi connectivity index (χ4n) is 1.78. The number of hydrogen-bond acceptors (Lipinski definition) is 4. The van der Waals surface area contributed by atoms with Crippen LogP contribution in [0.25, 0.3) is 0 Å². The molecule has 0 bridgehead atoms. The summed E-state index contributed by atoms with van der Waals surface area (Å²) < 4.78 is 0. The van der Waals surface area contributed by atoms with Crippen molar-refractivity contribution in [2.75, 3.05) is 17.6 Å². The first-order valence-corrected chi connectivity index (χ1v) is 6.71. The molecule has 2 aromatic rings. The minimum absolute atomic E-state index is 0.00219. The first-order valence-electron chi connectivity index (χ1n) is 5.83. The topological polar surface area (TPSA) is 55.1 Å². The van der Waals surface area contributed by atoms with Gasteiger partial charge in [-0.05, 0) is 43.0 Å². The summed E-state index contributed by atoms with van der Waals surface area (Å²) in [5.41, 5.74) is 7.90. The summed E-state index contributed by atoms with van der Waals surface area (Å²) >= 11 is 1.76. The molecule has 2 rings (SSSR count). The van der Waals surface area contributed by atoms with Gasteiger partial charge in [0.25, 0.3) is 0 Å². The number of thiophene rings is 1. The van der Waals surface area contributed by atoms with Gasteiger partial charge < -0.3 is 11.1 Å². The minimum atomic E-state index is -0.00219. The van der Waals surface area contributed by atoms with Crippen molar-refractivity contribution in [1.82, 2.24) is 0 Å². The lowest BCUT2D eigenvalue weighted by Crippen LogP contribution is -2.06. The van der Waals surface area contributed by atoms with Crippen molar-refractivity contribution in [2.24, 2.45) is 0 Å². The molecule has 1 aromatic carbocycles. The van der Waals surface area contributed by atoms with Gasteiger partial charge in [-0.3, -0.25) is 4.79 Å². The average Bonchev–Trinajstić information content (AvgIpc) is 2.81. The van der Waals surface area contributed by atoms with E-state index in [2.05, 4.69) is 22.8 Å². The third-order valence-corrected chi connectivity index (χ3v) is 3.65. The Kier molecular flexibility index (Phi) is 3.99. The normalized spacial score (nSPS) is 10.3. The third-order valence-electron chi connectivity index (χ3n) is 2.71. The van der Waals surface area contributed by atoms with Crippen LogP contribution in [0, 0.1) is 0 Å². The molecule has 3 N–H and O–H groups in total. The molecule has 0 aliphatic carbocycles. The summed E-state index contributed by atoms with van der Waals surface area (Å²) in [6, 6.07) is 9.65. The fourth-order valence-corrected chi connectivity index (χ4v) is 2.49. The van der Waals surface area contributed by atoms with Crippen molar-refractivity contribution in [2.45, 2.75) is 13.3 Å². The Morgan fingerprint density at radius 2 is 2.22 bits per heavy atom. The predicted octanol–water partition coefficient (Wildman–Crippen LogP) is 3.19. The third kappa shape index (κ3) is 3.11. The van der Waals surface area contributed by atoms with Gasteiger partial charge in [0.1, 0.15) is 0 Å². The van der Waals surface area contributed by atoms with E-state index < -0.39 is 0 Å². The van der Waals surface area contributed by atoms with E-state index in [4.69, 9.17) is 5.73 Å². The van der Waals surface area contributed by atoms with Gasteiger partial charge in [0.05, 0.1) is 0 Å². The van der Waals surface area contributed by atoms with E-state index in [1.165, 1.54) is 11.8 Å². The molecule has 3 nitrogen and oxygen atoms in total. The van der Waals surface area contributed by atoms with Gasteiger partial charge in [0.2, 0.25) is 0 Å². The van der Waals surface area contributed by atoms with Crippen LogP contribution in [0.5, 0.6) is 0 Å². The summed E-state index contributed by atoms with van der Waals surface area (Å²) in [6.07, 6.45) is 0.992. The molecule has 18 heavy (non-hydrogen) atoms. The van der Waals surface area contributed by atoms with Crippen LogP contribution in [0.3, 0.4) is 0 Å². The quantitative estimate of drug-likeness (QED) is 0.641. The van der Waals surface area contributed by atoms with E-state index in [0.717, 1.165) is 18.7 Å². The van der Waals surface area contributed by atoms with Crippen molar-refractivity contribution in [1.29, 1.82) is 0 Å². The highest BCUT2D eigenvalue weighted by molar-refractivity contribution is 7.09. The van der Waals surface area contributed by atoms with Crippen molar-refractivity contribution in [3.05, 3.63) is 46.2 Å². The highest BCUT2D eigenvalue weighted by Gasteiger charge is 2.04. The largest absolute Gasteiger partial charge is 0.398 e. The second-order valence-electron chi connectivity index (χ2n) is 4.11. The Labute approximate surface area is 111 Å². The zero-order valence-electron chi connectivity index (χ0n) is 10.3. The first-order chi connectivity index (χ1) is 8.66. The lowest BCUT2D eigenvalue weighted by atomic mass is 10.1. The number of carbonyl (C=O) groups is 1. The number of nitrogen functional groups attached to an aromatic ring is 1. The van der Waals surface area contributed by atoms with E-state index in [-0.39, 0.29) is 5.78 Å². The highest BCUT2D eigenvalue weighted by atomic mass is 32.1. The molecule has 4 heteroatoms. The van der Waals surface area contributed by atoms with E-state index >= 15 is 0 Å². The molecular weight excluding hydrogens is 244 g/mol. The molecular formula is C14H16N2OS. The van der Waals surface area contributed by atoms with Crippen molar-refractivity contribution in [3.8, 4) is 0 Å². The van der Waals surface area contributed by atoms with Crippen molar-refractivity contribution >= 4 is 28.5 Å². The standard InChI is InChI=1S/C14H16N2OS/c1-10(17)13-5-4-11(9-14(13)15)16-7-6-12-3-2-8-18-12/h2-5,8-9,16H,6-7,15H2,1H3. The number of nitrogens with one attached hydrogen (secondary N) is 1. The molecule has 94 valence electrons. The van der Waals surface area contributed by atoms with Crippen LogP contribution in [0.1, 0.15) is 22.2 Å². The van der Waals surface area contributed by atoms with Crippen LogP contribution in [-0.2, 0) is 6.42 Å². The maximum atomic E-state index is 11.2. The number of rotatable bonds is 5. The van der Waals surface area contributed by atoms with Crippen LogP contribution in [0.2, 0.25) is 0 Å². The van der Waals surface area contributed by atoms with Crippen LogP contribution in [0.15, 0.2) is 35.7 Å². The van der Waals surface area contributed by atoms with Gasteiger partial charge >= 0.3 is 0 Å². The summed E-state index contributed by atoms with van der Waals surface area (Å²) in [4.78, 5) is 12.6. The van der Waals surface area contributed by atoms with Gasteiger partial charge in [0.15, 0.2) is 5.78 Å². The van der Waals surface area contributed by atoms with Gasteiger partial charge in [0, 0.05) is 28.4 Å². The molecule has 0 fully saturated rings. The maximum Gasteiger partial charge on any atom is 0.161 e.